The molecule has 1 aliphatic rings. The van der Waals surface area contributed by atoms with E-state index in [-0.39, 0.29) is 18.6 Å². The van der Waals surface area contributed by atoms with Crippen LogP contribution in [0.3, 0.4) is 0 Å². The lowest BCUT2D eigenvalue weighted by Gasteiger charge is -2.26. The Morgan fingerprint density at radius 2 is 1.78 bits per heavy atom. The van der Waals surface area contributed by atoms with Crippen LogP contribution in [-0.2, 0) is 26.5 Å². The fraction of sp³-hybridized carbons (Fsp3) is 0.185. The molecule has 0 saturated carbocycles. The molecule has 0 radical (unpaired) electrons. The monoisotopic (exact) mass is 518 g/mol. The Hall–Kier alpha value is -3.53. The molecular formula is C27H22N2O5S2. The van der Waals surface area contributed by atoms with Crippen molar-refractivity contribution in [1.82, 2.24) is 8.75 Å². The molecule has 4 aromatic rings. The molecule has 0 fully saturated rings. The van der Waals surface area contributed by atoms with Gasteiger partial charge in [-0.2, -0.15) is 8.75 Å². The van der Waals surface area contributed by atoms with Crippen LogP contribution in [0.5, 0.6) is 0 Å². The number of esters is 2. The van der Waals surface area contributed by atoms with Gasteiger partial charge < -0.3 is 14.6 Å². The van der Waals surface area contributed by atoms with Crippen LogP contribution in [0.15, 0.2) is 77.2 Å². The third-order valence-electron chi connectivity index (χ3n) is 6.03. The van der Waals surface area contributed by atoms with Gasteiger partial charge >= 0.3 is 11.9 Å². The zero-order valence-electron chi connectivity index (χ0n) is 19.6. The third-order valence-corrected chi connectivity index (χ3v) is 7.33. The molecule has 1 atom stereocenters. The molecule has 0 amide bonds. The summed E-state index contributed by atoms with van der Waals surface area (Å²) in [5.41, 5.74) is 4.37. The zero-order valence-corrected chi connectivity index (χ0v) is 21.2. The lowest BCUT2D eigenvalue weighted by Crippen LogP contribution is -2.29. The van der Waals surface area contributed by atoms with Crippen LogP contribution in [0.4, 0.5) is 0 Å². The Balaban J connectivity index is 1.61. The van der Waals surface area contributed by atoms with Crippen LogP contribution in [0.1, 0.15) is 34.0 Å². The topological polar surface area (TPSA) is 98.6 Å². The standard InChI is InChI=1S/C27H22N2O5S2/c1-3-33-25(30)17-6-4-16(5-7-17)14-21-24(18-8-13-22-23(15-18)29-36-28-22)26(31)34-27(21,32)19-9-11-20(35-2)12-10-19/h4-13,15,32H,3,14H2,1-2H3. The molecule has 1 N–H and O–H groups in total. The molecule has 1 aromatic heterocycles. The van der Waals surface area contributed by atoms with Crippen molar-refractivity contribution in [2.75, 3.05) is 12.9 Å². The predicted molar refractivity (Wildman–Crippen MR) is 139 cm³/mol. The van der Waals surface area contributed by atoms with E-state index in [0.29, 0.717) is 27.8 Å². The SMILES string of the molecule is CCOC(=O)c1ccc(CC2=C(c3ccc4nsnc4c3)C(=O)OC2(O)c2ccc(SC)cc2)cc1. The van der Waals surface area contributed by atoms with Crippen molar-refractivity contribution in [3.8, 4) is 0 Å². The first-order valence-electron chi connectivity index (χ1n) is 11.3. The van der Waals surface area contributed by atoms with E-state index in [1.54, 1.807) is 73.3 Å². The van der Waals surface area contributed by atoms with Gasteiger partial charge in [0.2, 0.25) is 0 Å². The van der Waals surface area contributed by atoms with Gasteiger partial charge in [0.1, 0.15) is 11.0 Å². The van der Waals surface area contributed by atoms with Crippen LogP contribution >= 0.6 is 23.5 Å². The molecule has 0 saturated heterocycles. The van der Waals surface area contributed by atoms with Crippen molar-refractivity contribution >= 4 is 52.0 Å². The van der Waals surface area contributed by atoms with E-state index < -0.39 is 17.7 Å². The number of nitrogens with zero attached hydrogens (tertiary/aromatic N) is 2. The van der Waals surface area contributed by atoms with Crippen LogP contribution in [0.25, 0.3) is 16.6 Å². The molecule has 36 heavy (non-hydrogen) atoms. The van der Waals surface area contributed by atoms with Gasteiger partial charge in [-0.25, -0.2) is 9.59 Å². The number of hydrogen-bond donors (Lipinski definition) is 1. The molecule has 0 bridgehead atoms. The van der Waals surface area contributed by atoms with Gasteiger partial charge in [0, 0.05) is 22.5 Å². The first-order chi connectivity index (χ1) is 17.4. The van der Waals surface area contributed by atoms with Crippen LogP contribution in [0, 0.1) is 0 Å². The first kappa shape index (κ1) is 24.2. The molecular weight excluding hydrogens is 496 g/mol. The van der Waals surface area contributed by atoms with E-state index in [4.69, 9.17) is 9.47 Å². The van der Waals surface area contributed by atoms with Gasteiger partial charge in [-0.15, -0.1) is 11.8 Å². The first-order valence-corrected chi connectivity index (χ1v) is 13.2. The van der Waals surface area contributed by atoms with Gasteiger partial charge in [0.05, 0.1) is 29.5 Å². The maximum absolute atomic E-state index is 13.2. The highest BCUT2D eigenvalue weighted by atomic mass is 32.2. The molecule has 0 spiro atoms. The lowest BCUT2D eigenvalue weighted by atomic mass is 9.88. The zero-order chi connectivity index (χ0) is 25.3. The number of benzene rings is 3. The fourth-order valence-electron chi connectivity index (χ4n) is 4.20. The molecule has 182 valence electrons. The largest absolute Gasteiger partial charge is 0.462 e. The van der Waals surface area contributed by atoms with Crippen LogP contribution < -0.4 is 0 Å². The summed E-state index contributed by atoms with van der Waals surface area (Å²) in [7, 11) is 0. The Morgan fingerprint density at radius 1 is 1.06 bits per heavy atom. The number of fused-ring (bicyclic) bond motifs is 1. The molecule has 3 aromatic carbocycles. The van der Waals surface area contributed by atoms with Crippen molar-refractivity contribution in [3.05, 3.63) is 94.6 Å². The number of carbonyl (C=O) groups excluding carboxylic acids is 2. The quantitative estimate of drug-likeness (QED) is 0.270. The average molecular weight is 519 g/mol. The highest BCUT2D eigenvalue weighted by Crippen LogP contribution is 2.45. The molecule has 1 unspecified atom stereocenters. The Labute approximate surface area is 216 Å². The van der Waals surface area contributed by atoms with E-state index in [1.807, 2.05) is 18.4 Å². The minimum atomic E-state index is -1.95. The number of rotatable bonds is 7. The Kier molecular flexibility index (Phi) is 6.61. The van der Waals surface area contributed by atoms with Crippen molar-refractivity contribution in [2.24, 2.45) is 0 Å². The lowest BCUT2D eigenvalue weighted by molar-refractivity contribution is -0.185. The van der Waals surface area contributed by atoms with Gasteiger partial charge in [-0.05, 0) is 60.7 Å². The average Bonchev–Trinajstić information content (AvgIpc) is 3.46. The second kappa shape index (κ2) is 9.85. The summed E-state index contributed by atoms with van der Waals surface area (Å²) < 4.78 is 19.3. The number of ether oxygens (including phenoxy) is 2. The van der Waals surface area contributed by atoms with Gasteiger partial charge in [-0.3, -0.25) is 0 Å². The maximum atomic E-state index is 13.2. The number of aromatic nitrogens is 2. The van der Waals surface area contributed by atoms with Gasteiger partial charge in [0.25, 0.3) is 5.79 Å². The van der Waals surface area contributed by atoms with Crippen molar-refractivity contribution in [3.63, 3.8) is 0 Å². The number of aliphatic hydroxyl groups is 1. The van der Waals surface area contributed by atoms with Gasteiger partial charge in [-0.1, -0.05) is 30.3 Å². The summed E-state index contributed by atoms with van der Waals surface area (Å²) in [6.07, 6.45) is 2.19. The van der Waals surface area contributed by atoms with Crippen molar-refractivity contribution in [1.29, 1.82) is 0 Å². The summed E-state index contributed by atoms with van der Waals surface area (Å²) in [6, 6.07) is 19.5. The van der Waals surface area contributed by atoms with Crippen molar-refractivity contribution in [2.45, 2.75) is 24.0 Å². The van der Waals surface area contributed by atoms with E-state index in [2.05, 4.69) is 8.75 Å². The van der Waals surface area contributed by atoms with Crippen LogP contribution in [0.2, 0.25) is 0 Å². The highest BCUT2D eigenvalue weighted by Gasteiger charge is 2.48. The van der Waals surface area contributed by atoms with E-state index in [1.165, 1.54) is 0 Å². The molecule has 0 aliphatic carbocycles. The van der Waals surface area contributed by atoms with E-state index in [9.17, 15) is 14.7 Å². The molecule has 1 aliphatic heterocycles. The predicted octanol–water partition coefficient (Wildman–Crippen LogP) is 4.99. The summed E-state index contributed by atoms with van der Waals surface area (Å²) in [5, 5.41) is 11.8. The maximum Gasteiger partial charge on any atom is 0.342 e. The summed E-state index contributed by atoms with van der Waals surface area (Å²) in [4.78, 5) is 26.3. The number of cyclic esters (lactones) is 1. The Bertz CT molecular complexity index is 1480. The third kappa shape index (κ3) is 4.41. The van der Waals surface area contributed by atoms with E-state index in [0.717, 1.165) is 27.7 Å². The van der Waals surface area contributed by atoms with E-state index >= 15 is 0 Å². The normalized spacial score (nSPS) is 17.5. The minimum Gasteiger partial charge on any atom is -0.462 e. The number of hydrogen-bond acceptors (Lipinski definition) is 9. The van der Waals surface area contributed by atoms with Crippen molar-refractivity contribution < 1.29 is 24.2 Å². The molecule has 7 nitrogen and oxygen atoms in total. The van der Waals surface area contributed by atoms with Crippen LogP contribution in [-0.4, -0.2) is 38.7 Å². The molecule has 9 heteroatoms. The highest BCUT2D eigenvalue weighted by molar-refractivity contribution is 7.98. The second-order valence-corrected chi connectivity index (χ2v) is 9.59. The van der Waals surface area contributed by atoms with Gasteiger partial charge in [0.15, 0.2) is 0 Å². The molecule has 2 heterocycles. The minimum absolute atomic E-state index is 0.221. The summed E-state index contributed by atoms with van der Waals surface area (Å²) >= 11 is 2.67. The summed E-state index contributed by atoms with van der Waals surface area (Å²) in [5.74, 6) is -2.97. The number of carbonyl (C=O) groups is 2. The summed E-state index contributed by atoms with van der Waals surface area (Å²) in [6.45, 7) is 2.04. The fourth-order valence-corrected chi connectivity index (χ4v) is 5.13. The number of thioether (sulfide) groups is 1. The second-order valence-electron chi connectivity index (χ2n) is 8.18. The smallest absolute Gasteiger partial charge is 0.342 e. The Morgan fingerprint density at radius 3 is 2.47 bits per heavy atom. The molecule has 5 rings (SSSR count).